The van der Waals surface area contributed by atoms with Gasteiger partial charge in [0.15, 0.2) is 0 Å². The molecule has 2 aromatic rings. The highest BCUT2D eigenvalue weighted by Gasteiger charge is 2.24. The lowest BCUT2D eigenvalue weighted by molar-refractivity contribution is -0.137. The van der Waals surface area contributed by atoms with Gasteiger partial charge in [0.2, 0.25) is 0 Å². The molecule has 1 heterocycles. The zero-order valence-corrected chi connectivity index (χ0v) is 18.3. The predicted octanol–water partition coefficient (Wildman–Crippen LogP) is 5.28. The number of likely N-dealkylation sites (N-methyl/N-ethyl adjacent to an activating group) is 1. The number of nitrogens with one attached hydrogen (secondary N) is 1. The topological polar surface area (TPSA) is 85.6 Å². The molecule has 31 heavy (non-hydrogen) atoms. The second kappa shape index (κ2) is 10.8. The second-order valence-electron chi connectivity index (χ2n) is 7.95. The normalized spacial score (nSPS) is 16.9. The Kier molecular flexibility index (Phi) is 7.91. The van der Waals surface area contributed by atoms with Gasteiger partial charge in [0, 0.05) is 18.8 Å². The molecule has 1 aliphatic rings. The van der Waals surface area contributed by atoms with Crippen LogP contribution in [0.1, 0.15) is 56.6 Å². The van der Waals surface area contributed by atoms with E-state index in [0.29, 0.717) is 18.2 Å². The molecule has 2 atom stereocenters. The Morgan fingerprint density at radius 3 is 2.65 bits per heavy atom. The Morgan fingerprint density at radius 1 is 1.29 bits per heavy atom. The minimum Gasteiger partial charge on any atom is -0.481 e. The molecule has 0 aromatic heterocycles. The van der Waals surface area contributed by atoms with Gasteiger partial charge in [-0.25, -0.2) is 0 Å². The van der Waals surface area contributed by atoms with Crippen LogP contribution in [-0.4, -0.2) is 36.9 Å². The Balaban J connectivity index is 1.99. The van der Waals surface area contributed by atoms with Crippen LogP contribution < -0.4 is 10.2 Å². The molecule has 2 aromatic carbocycles. The molecule has 1 aliphatic heterocycles. The molecular formula is C25H31N3O3. The molecule has 1 fully saturated rings. The van der Waals surface area contributed by atoms with Crippen molar-refractivity contribution in [3.63, 3.8) is 0 Å². The summed E-state index contributed by atoms with van der Waals surface area (Å²) >= 11 is 0. The van der Waals surface area contributed by atoms with Gasteiger partial charge in [0.25, 0.3) is 0 Å². The molecule has 2 unspecified atom stereocenters. The Bertz CT molecular complexity index is 915. The van der Waals surface area contributed by atoms with Crippen LogP contribution in [0.3, 0.4) is 0 Å². The number of hydrogen-bond acceptors (Lipinski definition) is 5. The molecule has 0 radical (unpaired) electrons. The van der Waals surface area contributed by atoms with Crippen LogP contribution in [0.5, 0.6) is 0 Å². The number of nitriles is 1. The number of ether oxygens (including phenoxy) is 1. The largest absolute Gasteiger partial charge is 0.481 e. The summed E-state index contributed by atoms with van der Waals surface area (Å²) in [6.07, 6.45) is 3.01. The Morgan fingerprint density at radius 2 is 2.06 bits per heavy atom. The summed E-state index contributed by atoms with van der Waals surface area (Å²) in [6.45, 7) is 6.54. The average molecular weight is 422 g/mol. The highest BCUT2D eigenvalue weighted by molar-refractivity contribution is 5.77. The molecule has 2 N–H and O–H groups in total. The van der Waals surface area contributed by atoms with E-state index in [1.807, 2.05) is 19.1 Å². The number of anilines is 3. The lowest BCUT2D eigenvalue weighted by atomic mass is 9.92. The molecule has 0 amide bonds. The fraction of sp³-hybridized carbons (Fsp3) is 0.440. The SMILES string of the molecule is CCC(CC(=O)O)c1ccc(N(CC)C2CCCOC2)c(Nc2ccc(C#N)cc2)c1. The average Bonchev–Trinajstić information content (AvgIpc) is 2.80. The van der Waals surface area contributed by atoms with Gasteiger partial charge >= 0.3 is 5.97 Å². The highest BCUT2D eigenvalue weighted by Crippen LogP contribution is 2.36. The first-order chi connectivity index (χ1) is 15.0. The van der Waals surface area contributed by atoms with Crippen LogP contribution in [0.15, 0.2) is 42.5 Å². The van der Waals surface area contributed by atoms with Gasteiger partial charge in [-0.3, -0.25) is 4.79 Å². The number of carbonyl (C=O) groups is 1. The van der Waals surface area contributed by atoms with Crippen LogP contribution in [0, 0.1) is 11.3 Å². The first-order valence-electron chi connectivity index (χ1n) is 11.0. The van der Waals surface area contributed by atoms with E-state index in [9.17, 15) is 9.90 Å². The van der Waals surface area contributed by atoms with E-state index in [1.165, 1.54) is 0 Å². The van der Waals surface area contributed by atoms with Crippen LogP contribution >= 0.6 is 0 Å². The molecule has 1 saturated heterocycles. The summed E-state index contributed by atoms with van der Waals surface area (Å²) in [5, 5.41) is 21.9. The van der Waals surface area contributed by atoms with Crippen molar-refractivity contribution in [2.24, 2.45) is 0 Å². The van der Waals surface area contributed by atoms with Gasteiger partial charge in [-0.05, 0) is 74.1 Å². The van der Waals surface area contributed by atoms with E-state index in [4.69, 9.17) is 10.00 Å². The Hall–Kier alpha value is -3.04. The van der Waals surface area contributed by atoms with E-state index in [1.54, 1.807) is 12.1 Å². The van der Waals surface area contributed by atoms with E-state index in [-0.39, 0.29) is 12.3 Å². The van der Waals surface area contributed by atoms with Gasteiger partial charge in [0.1, 0.15) is 0 Å². The number of rotatable bonds is 9. The van der Waals surface area contributed by atoms with Crippen molar-refractivity contribution in [2.75, 3.05) is 30.0 Å². The summed E-state index contributed by atoms with van der Waals surface area (Å²) in [5.41, 5.74) is 4.54. The van der Waals surface area contributed by atoms with Crippen molar-refractivity contribution in [3.05, 3.63) is 53.6 Å². The number of benzene rings is 2. The number of carboxylic acid groups (broad SMARTS) is 1. The van der Waals surface area contributed by atoms with Crippen molar-refractivity contribution >= 4 is 23.0 Å². The summed E-state index contributed by atoms with van der Waals surface area (Å²) in [6, 6.07) is 16.1. The van der Waals surface area contributed by atoms with Gasteiger partial charge in [0.05, 0.1) is 42.1 Å². The summed E-state index contributed by atoms with van der Waals surface area (Å²) < 4.78 is 5.74. The highest BCUT2D eigenvalue weighted by atomic mass is 16.5. The van der Waals surface area contributed by atoms with E-state index in [2.05, 4.69) is 41.4 Å². The molecule has 164 valence electrons. The number of aliphatic carboxylic acids is 1. The minimum absolute atomic E-state index is 0.0406. The zero-order valence-electron chi connectivity index (χ0n) is 18.3. The first-order valence-corrected chi connectivity index (χ1v) is 11.0. The smallest absolute Gasteiger partial charge is 0.303 e. The zero-order chi connectivity index (χ0) is 22.2. The molecule has 0 aliphatic carbocycles. The van der Waals surface area contributed by atoms with Crippen molar-refractivity contribution < 1.29 is 14.6 Å². The van der Waals surface area contributed by atoms with E-state index >= 15 is 0 Å². The van der Waals surface area contributed by atoms with Crippen LogP contribution in [0.2, 0.25) is 0 Å². The molecule has 6 nitrogen and oxygen atoms in total. The molecule has 0 bridgehead atoms. The minimum atomic E-state index is -0.785. The first kappa shape index (κ1) is 22.6. The van der Waals surface area contributed by atoms with Crippen molar-refractivity contribution in [3.8, 4) is 6.07 Å². The van der Waals surface area contributed by atoms with Gasteiger partial charge in [-0.2, -0.15) is 5.26 Å². The lowest BCUT2D eigenvalue weighted by Gasteiger charge is -2.36. The van der Waals surface area contributed by atoms with E-state index < -0.39 is 5.97 Å². The molecule has 0 saturated carbocycles. The van der Waals surface area contributed by atoms with Crippen LogP contribution in [0.4, 0.5) is 17.1 Å². The third kappa shape index (κ3) is 5.77. The fourth-order valence-electron chi connectivity index (χ4n) is 4.25. The summed E-state index contributed by atoms with van der Waals surface area (Å²) in [4.78, 5) is 13.7. The maximum Gasteiger partial charge on any atom is 0.303 e. The number of nitrogens with zero attached hydrogens (tertiary/aromatic N) is 2. The van der Waals surface area contributed by atoms with Crippen molar-refractivity contribution in [1.82, 2.24) is 0 Å². The third-order valence-electron chi connectivity index (χ3n) is 5.93. The fourth-order valence-corrected chi connectivity index (χ4v) is 4.25. The summed E-state index contributed by atoms with van der Waals surface area (Å²) in [7, 11) is 0. The monoisotopic (exact) mass is 421 g/mol. The van der Waals surface area contributed by atoms with Crippen molar-refractivity contribution in [1.29, 1.82) is 5.26 Å². The van der Waals surface area contributed by atoms with E-state index in [0.717, 1.165) is 55.0 Å². The predicted molar refractivity (Wildman–Crippen MR) is 123 cm³/mol. The molecule has 3 rings (SSSR count). The number of carboxylic acids is 1. The Labute approximate surface area is 184 Å². The maximum atomic E-state index is 11.3. The van der Waals surface area contributed by atoms with Crippen LogP contribution in [0.25, 0.3) is 0 Å². The van der Waals surface area contributed by atoms with Crippen LogP contribution in [-0.2, 0) is 9.53 Å². The molecule has 6 heteroatoms. The quantitative estimate of drug-likeness (QED) is 0.573. The third-order valence-corrected chi connectivity index (χ3v) is 5.93. The van der Waals surface area contributed by atoms with Gasteiger partial charge in [-0.15, -0.1) is 0 Å². The van der Waals surface area contributed by atoms with Gasteiger partial charge < -0.3 is 20.1 Å². The lowest BCUT2D eigenvalue weighted by Crippen LogP contribution is -2.41. The molecular weight excluding hydrogens is 390 g/mol. The summed E-state index contributed by atoms with van der Waals surface area (Å²) in [5.74, 6) is -0.826. The second-order valence-corrected chi connectivity index (χ2v) is 7.95. The van der Waals surface area contributed by atoms with Gasteiger partial charge in [-0.1, -0.05) is 13.0 Å². The number of hydrogen-bond donors (Lipinski definition) is 2. The standard InChI is InChI=1S/C25H31N3O3/c1-3-19(15-25(29)30)20-9-12-24(28(4-2)22-6-5-13-31-17-22)23(14-20)27-21-10-7-18(16-26)8-11-21/h7-12,14,19,22,27H,3-6,13,15,17H2,1-2H3,(H,29,30). The maximum absolute atomic E-state index is 11.3. The molecule has 0 spiro atoms. The van der Waals surface area contributed by atoms with Crippen molar-refractivity contribution in [2.45, 2.75) is 51.5 Å².